The highest BCUT2D eigenvalue weighted by molar-refractivity contribution is 5.97. The molecule has 2 heterocycles. The van der Waals surface area contributed by atoms with Crippen molar-refractivity contribution in [1.29, 1.82) is 0 Å². The van der Waals surface area contributed by atoms with Crippen LogP contribution in [0.15, 0.2) is 42.5 Å². The van der Waals surface area contributed by atoms with Crippen molar-refractivity contribution in [2.45, 2.75) is 25.8 Å². The Labute approximate surface area is 182 Å². The number of ether oxygens (including phenoxy) is 2. The fourth-order valence-electron chi connectivity index (χ4n) is 4.13. The summed E-state index contributed by atoms with van der Waals surface area (Å²) in [7, 11) is 1.57. The number of fused-ring (bicyclic) bond motifs is 2. The Morgan fingerprint density at radius 3 is 2.77 bits per heavy atom. The number of piperazine rings is 1. The van der Waals surface area contributed by atoms with Crippen molar-refractivity contribution >= 4 is 17.5 Å². The molecule has 164 valence electrons. The highest BCUT2D eigenvalue weighted by Gasteiger charge is 2.33. The molecule has 0 aromatic heterocycles. The van der Waals surface area contributed by atoms with E-state index >= 15 is 0 Å². The van der Waals surface area contributed by atoms with Gasteiger partial charge in [0.2, 0.25) is 5.91 Å². The third kappa shape index (κ3) is 4.51. The lowest BCUT2D eigenvalue weighted by molar-refractivity contribution is -0.118. The van der Waals surface area contributed by atoms with E-state index in [1.165, 1.54) is 0 Å². The number of para-hydroxylation sites is 1. The Kier molecular flexibility index (Phi) is 6.13. The van der Waals surface area contributed by atoms with Gasteiger partial charge in [0.05, 0.1) is 30.9 Å². The number of hydrogen-bond donors (Lipinski definition) is 1. The molecule has 0 aliphatic carbocycles. The topological polar surface area (TPSA) is 71.1 Å². The second-order valence-corrected chi connectivity index (χ2v) is 8.35. The van der Waals surface area contributed by atoms with Crippen molar-refractivity contribution in [2.24, 2.45) is 0 Å². The minimum atomic E-state index is -0.0751. The molecule has 0 saturated carbocycles. The summed E-state index contributed by atoms with van der Waals surface area (Å²) in [6.07, 6.45) is 0. The van der Waals surface area contributed by atoms with Gasteiger partial charge in [0.25, 0.3) is 5.91 Å². The first-order chi connectivity index (χ1) is 15.0. The van der Waals surface area contributed by atoms with Crippen LogP contribution < -0.4 is 14.8 Å². The summed E-state index contributed by atoms with van der Waals surface area (Å²) in [5, 5.41) is 3.00. The summed E-state index contributed by atoms with van der Waals surface area (Å²) in [4.78, 5) is 29.8. The fourth-order valence-corrected chi connectivity index (χ4v) is 4.13. The number of rotatable bonds is 3. The van der Waals surface area contributed by atoms with Gasteiger partial charge in [-0.3, -0.25) is 14.5 Å². The molecule has 2 aromatic rings. The van der Waals surface area contributed by atoms with Gasteiger partial charge in [0, 0.05) is 19.6 Å². The first kappa shape index (κ1) is 21.2. The average Bonchev–Trinajstić information content (AvgIpc) is 2.84. The van der Waals surface area contributed by atoms with E-state index in [-0.39, 0.29) is 24.4 Å². The molecule has 1 fully saturated rings. The second kappa shape index (κ2) is 8.98. The van der Waals surface area contributed by atoms with E-state index in [2.05, 4.69) is 24.1 Å². The van der Waals surface area contributed by atoms with Crippen LogP contribution in [0.1, 0.15) is 35.7 Å². The van der Waals surface area contributed by atoms with E-state index in [4.69, 9.17) is 9.47 Å². The molecule has 2 aliphatic rings. The molecular formula is C24H29N3O4. The third-order valence-corrected chi connectivity index (χ3v) is 5.95. The van der Waals surface area contributed by atoms with Gasteiger partial charge < -0.3 is 19.7 Å². The second-order valence-electron chi connectivity index (χ2n) is 8.35. The molecular weight excluding hydrogens is 394 g/mol. The van der Waals surface area contributed by atoms with Gasteiger partial charge in [-0.15, -0.1) is 0 Å². The Morgan fingerprint density at radius 1 is 1.19 bits per heavy atom. The maximum Gasteiger partial charge on any atom is 0.257 e. The standard InChI is InChI=1S/C24H29N3O4/c1-16(2)17-8-9-22-20(12-17)25-23(28)14-26-10-11-27(13-18(26)15-31-22)24(29)19-6-4-5-7-21(19)30-3/h4-9,12,16,18H,10-11,13-15H2,1-3H3,(H,25,28)/t18-/m0/s1. The average molecular weight is 424 g/mol. The van der Waals surface area contributed by atoms with Crippen LogP contribution in [0.2, 0.25) is 0 Å². The lowest BCUT2D eigenvalue weighted by Crippen LogP contribution is -2.57. The zero-order valence-electron chi connectivity index (χ0n) is 18.3. The smallest absolute Gasteiger partial charge is 0.257 e. The van der Waals surface area contributed by atoms with Gasteiger partial charge in [-0.05, 0) is 35.7 Å². The molecule has 1 N–H and O–H groups in total. The molecule has 2 aromatic carbocycles. The molecule has 0 unspecified atom stereocenters. The van der Waals surface area contributed by atoms with Crippen molar-refractivity contribution < 1.29 is 19.1 Å². The van der Waals surface area contributed by atoms with Crippen molar-refractivity contribution in [1.82, 2.24) is 9.80 Å². The number of carbonyl (C=O) groups is 2. The van der Waals surface area contributed by atoms with Crippen LogP contribution in [0.4, 0.5) is 5.69 Å². The molecule has 2 amide bonds. The molecule has 0 spiro atoms. The predicted molar refractivity (Wildman–Crippen MR) is 119 cm³/mol. The Morgan fingerprint density at radius 2 is 2.00 bits per heavy atom. The quantitative estimate of drug-likeness (QED) is 0.822. The SMILES string of the molecule is COc1ccccc1C(=O)N1CCN2CC(=O)Nc3cc(C(C)C)ccc3OC[C@@H]2C1. The number of anilines is 1. The van der Waals surface area contributed by atoms with E-state index in [1.807, 2.05) is 35.2 Å². The van der Waals surface area contributed by atoms with Crippen LogP contribution in [-0.2, 0) is 4.79 Å². The Balaban J connectivity index is 1.53. The van der Waals surface area contributed by atoms with Crippen LogP contribution in [0.5, 0.6) is 11.5 Å². The highest BCUT2D eigenvalue weighted by Crippen LogP contribution is 2.30. The molecule has 0 radical (unpaired) electrons. The van der Waals surface area contributed by atoms with Gasteiger partial charge >= 0.3 is 0 Å². The van der Waals surface area contributed by atoms with Crippen molar-refractivity contribution in [3.8, 4) is 11.5 Å². The highest BCUT2D eigenvalue weighted by atomic mass is 16.5. The largest absolute Gasteiger partial charge is 0.496 e. The number of carbonyl (C=O) groups excluding carboxylic acids is 2. The van der Waals surface area contributed by atoms with Crippen molar-refractivity contribution in [3.63, 3.8) is 0 Å². The Hall–Kier alpha value is -3.06. The molecule has 1 saturated heterocycles. The van der Waals surface area contributed by atoms with Crippen LogP contribution in [0.25, 0.3) is 0 Å². The number of hydrogen-bond acceptors (Lipinski definition) is 5. The summed E-state index contributed by atoms with van der Waals surface area (Å²) in [5.41, 5.74) is 2.40. The van der Waals surface area contributed by atoms with Gasteiger partial charge in [-0.2, -0.15) is 0 Å². The number of benzene rings is 2. The first-order valence-electron chi connectivity index (χ1n) is 10.7. The number of methoxy groups -OCH3 is 1. The lowest BCUT2D eigenvalue weighted by atomic mass is 10.0. The zero-order valence-corrected chi connectivity index (χ0v) is 18.3. The molecule has 4 rings (SSSR count). The normalized spacial score (nSPS) is 19.3. The minimum absolute atomic E-state index is 0.0663. The van der Waals surface area contributed by atoms with Crippen LogP contribution in [0, 0.1) is 0 Å². The summed E-state index contributed by atoms with van der Waals surface area (Å²) < 4.78 is 11.5. The molecule has 1 atom stereocenters. The molecule has 2 aliphatic heterocycles. The summed E-state index contributed by atoms with van der Waals surface area (Å²) in [5.74, 6) is 1.45. The van der Waals surface area contributed by atoms with Crippen molar-refractivity contribution in [2.75, 3.05) is 45.2 Å². The van der Waals surface area contributed by atoms with Crippen molar-refractivity contribution in [3.05, 3.63) is 53.6 Å². The summed E-state index contributed by atoms with van der Waals surface area (Å²) in [6.45, 7) is 6.56. The molecule has 7 nitrogen and oxygen atoms in total. The molecule has 0 bridgehead atoms. The number of nitrogens with zero attached hydrogens (tertiary/aromatic N) is 2. The molecule has 31 heavy (non-hydrogen) atoms. The van der Waals surface area contributed by atoms with E-state index in [0.717, 1.165) is 5.56 Å². The maximum atomic E-state index is 13.1. The van der Waals surface area contributed by atoms with Gasteiger partial charge in [0.15, 0.2) is 0 Å². The first-order valence-corrected chi connectivity index (χ1v) is 10.7. The van der Waals surface area contributed by atoms with Gasteiger partial charge in [-0.25, -0.2) is 0 Å². The molecule has 7 heteroatoms. The third-order valence-electron chi connectivity index (χ3n) is 5.95. The number of nitrogens with one attached hydrogen (secondary N) is 1. The van der Waals surface area contributed by atoms with Gasteiger partial charge in [-0.1, -0.05) is 32.0 Å². The monoisotopic (exact) mass is 423 g/mol. The van der Waals surface area contributed by atoms with Gasteiger partial charge in [0.1, 0.15) is 18.1 Å². The van der Waals surface area contributed by atoms with Crippen LogP contribution in [-0.4, -0.2) is 67.6 Å². The van der Waals surface area contributed by atoms with Crippen LogP contribution >= 0.6 is 0 Å². The lowest BCUT2D eigenvalue weighted by Gasteiger charge is -2.40. The van der Waals surface area contributed by atoms with E-state index in [1.54, 1.807) is 19.2 Å². The summed E-state index contributed by atoms with van der Waals surface area (Å²) in [6, 6.07) is 13.1. The van der Waals surface area contributed by atoms with E-state index in [0.29, 0.717) is 54.9 Å². The van der Waals surface area contributed by atoms with Crippen LogP contribution in [0.3, 0.4) is 0 Å². The Bertz CT molecular complexity index is 975. The summed E-state index contributed by atoms with van der Waals surface area (Å²) >= 11 is 0. The maximum absolute atomic E-state index is 13.1. The fraction of sp³-hybridized carbons (Fsp3) is 0.417. The predicted octanol–water partition coefficient (Wildman–Crippen LogP) is 2.98. The zero-order chi connectivity index (χ0) is 22.0. The van der Waals surface area contributed by atoms with E-state index in [9.17, 15) is 9.59 Å². The van der Waals surface area contributed by atoms with E-state index < -0.39 is 0 Å². The number of amides is 2. The minimum Gasteiger partial charge on any atom is -0.496 e.